The molecule has 1 aromatic rings. The van der Waals surface area contributed by atoms with Crippen molar-refractivity contribution in [2.24, 2.45) is 0 Å². The molecule has 0 atom stereocenters. The first-order valence-electron chi connectivity index (χ1n) is 5.38. The van der Waals surface area contributed by atoms with Crippen LogP contribution in [0.3, 0.4) is 0 Å². The molecule has 1 rings (SSSR count). The molecule has 0 radical (unpaired) electrons. The van der Waals surface area contributed by atoms with Gasteiger partial charge in [0.15, 0.2) is 0 Å². The Balaban J connectivity index is 2.63. The largest absolute Gasteiger partial charge is 0.371 e. The van der Waals surface area contributed by atoms with Gasteiger partial charge in [0, 0.05) is 19.3 Å². The summed E-state index contributed by atoms with van der Waals surface area (Å²) in [4.78, 5) is 2.12. The van der Waals surface area contributed by atoms with E-state index in [1.165, 1.54) is 11.1 Å². The fourth-order valence-electron chi connectivity index (χ4n) is 1.49. The number of likely N-dealkylation sites (N-methyl/N-ethyl adjacent to an activating group) is 1. The Morgan fingerprint density at radius 2 is 2.19 bits per heavy atom. The summed E-state index contributed by atoms with van der Waals surface area (Å²) < 4.78 is 0. The van der Waals surface area contributed by atoms with Gasteiger partial charge in [-0.2, -0.15) is 0 Å². The number of benzene rings is 1. The molecule has 0 fully saturated rings. The second-order valence-electron chi connectivity index (χ2n) is 3.93. The minimum Gasteiger partial charge on any atom is -0.371 e. The molecule has 1 heteroatoms. The third kappa shape index (κ3) is 3.77. The normalized spacial score (nSPS) is 10.4. The van der Waals surface area contributed by atoms with Gasteiger partial charge in [0.25, 0.3) is 0 Å². The fourth-order valence-corrected chi connectivity index (χ4v) is 1.49. The van der Waals surface area contributed by atoms with Gasteiger partial charge >= 0.3 is 0 Å². The predicted octanol–water partition coefficient (Wildman–Crippen LogP) is 3.68. The van der Waals surface area contributed by atoms with Gasteiger partial charge in [0.2, 0.25) is 0 Å². The summed E-state index contributed by atoms with van der Waals surface area (Å²) in [6.45, 7) is 10.6. The molecule has 0 bridgehead atoms. The van der Waals surface area contributed by atoms with E-state index in [1.54, 1.807) is 6.08 Å². The third-order valence-electron chi connectivity index (χ3n) is 2.42. The third-order valence-corrected chi connectivity index (χ3v) is 2.42. The average molecular weight is 213 g/mol. The Labute approximate surface area is 98.4 Å². The van der Waals surface area contributed by atoms with Crippen LogP contribution >= 0.6 is 0 Å². The minimum absolute atomic E-state index is 0.877. The molecule has 0 unspecified atom stereocenters. The molecule has 0 amide bonds. The first-order valence-corrected chi connectivity index (χ1v) is 5.38. The second-order valence-corrected chi connectivity index (χ2v) is 3.93. The van der Waals surface area contributed by atoms with Crippen LogP contribution in [-0.2, 0) is 6.54 Å². The van der Waals surface area contributed by atoms with Crippen LogP contribution in [0.1, 0.15) is 11.1 Å². The zero-order valence-corrected chi connectivity index (χ0v) is 10.1. The lowest BCUT2D eigenvalue weighted by Gasteiger charge is -2.19. The Kier molecular flexibility index (Phi) is 4.59. The van der Waals surface area contributed by atoms with Crippen molar-refractivity contribution in [1.82, 2.24) is 4.90 Å². The van der Waals surface area contributed by atoms with Crippen LogP contribution in [0.25, 0.3) is 0 Å². The molecule has 84 valence electrons. The lowest BCUT2D eigenvalue weighted by molar-refractivity contribution is 0.426. The highest BCUT2D eigenvalue weighted by Crippen LogP contribution is 2.10. The van der Waals surface area contributed by atoms with Crippen LogP contribution in [0, 0.1) is 6.92 Å². The molecule has 0 aliphatic rings. The molecule has 16 heavy (non-hydrogen) atoms. The Hall–Kier alpha value is -1.76. The van der Waals surface area contributed by atoms with Crippen molar-refractivity contribution in [3.05, 3.63) is 72.5 Å². The number of rotatable bonds is 5. The lowest BCUT2D eigenvalue weighted by atomic mass is 10.1. The number of aryl methyl sites for hydroxylation is 1. The number of nitrogens with zero attached hydrogens (tertiary/aromatic N) is 1. The van der Waals surface area contributed by atoms with Crippen molar-refractivity contribution in [2.75, 3.05) is 7.05 Å². The van der Waals surface area contributed by atoms with Crippen molar-refractivity contribution in [2.45, 2.75) is 13.5 Å². The van der Waals surface area contributed by atoms with Crippen LogP contribution in [-0.4, -0.2) is 11.9 Å². The summed E-state index contributed by atoms with van der Waals surface area (Å²) in [7, 11) is 2.04. The molecular formula is C15H19N. The van der Waals surface area contributed by atoms with Gasteiger partial charge in [0.05, 0.1) is 0 Å². The van der Waals surface area contributed by atoms with Crippen molar-refractivity contribution < 1.29 is 0 Å². The van der Waals surface area contributed by atoms with Crippen LogP contribution in [0.4, 0.5) is 0 Å². The predicted molar refractivity (Wildman–Crippen MR) is 71.1 cm³/mol. The number of hydrogen-bond acceptors (Lipinski definition) is 1. The summed E-state index contributed by atoms with van der Waals surface area (Å²) in [5, 5.41) is 0. The van der Waals surface area contributed by atoms with Gasteiger partial charge in [-0.3, -0.25) is 0 Å². The first kappa shape index (κ1) is 12.3. The quantitative estimate of drug-likeness (QED) is 0.674. The van der Waals surface area contributed by atoms with Gasteiger partial charge in [-0.1, -0.05) is 55.1 Å². The number of allylic oxidation sites excluding steroid dienone is 3. The Morgan fingerprint density at radius 1 is 1.44 bits per heavy atom. The molecule has 0 saturated heterocycles. The van der Waals surface area contributed by atoms with Crippen LogP contribution in [0.2, 0.25) is 0 Å². The smallest absolute Gasteiger partial charge is 0.0426 e. The van der Waals surface area contributed by atoms with E-state index in [0.29, 0.717) is 0 Å². The van der Waals surface area contributed by atoms with E-state index in [1.807, 2.05) is 19.2 Å². The molecule has 0 spiro atoms. The minimum atomic E-state index is 0.877. The molecule has 0 aromatic heterocycles. The standard InChI is InChI=1S/C15H19N/c1-5-6-9-14(3)16(4)12-15-10-7-8-13(2)11-15/h5-11H,1,3,12H2,2,4H3/b9-6-. The molecule has 0 saturated carbocycles. The molecule has 0 N–H and O–H groups in total. The highest BCUT2D eigenvalue weighted by molar-refractivity contribution is 5.24. The van der Waals surface area contributed by atoms with Gasteiger partial charge in [-0.05, 0) is 18.6 Å². The van der Waals surface area contributed by atoms with E-state index in [0.717, 1.165) is 12.2 Å². The van der Waals surface area contributed by atoms with Crippen LogP contribution in [0.5, 0.6) is 0 Å². The van der Waals surface area contributed by atoms with Crippen molar-refractivity contribution in [3.8, 4) is 0 Å². The Morgan fingerprint density at radius 3 is 2.81 bits per heavy atom. The topological polar surface area (TPSA) is 3.24 Å². The molecule has 1 nitrogen and oxygen atoms in total. The summed E-state index contributed by atoms with van der Waals surface area (Å²) in [5.74, 6) is 0. The second kappa shape index (κ2) is 5.96. The zero-order chi connectivity index (χ0) is 12.0. The fraction of sp³-hybridized carbons (Fsp3) is 0.200. The molecular weight excluding hydrogens is 194 g/mol. The highest BCUT2D eigenvalue weighted by Gasteiger charge is 2.00. The maximum absolute atomic E-state index is 4.00. The zero-order valence-electron chi connectivity index (χ0n) is 10.1. The van der Waals surface area contributed by atoms with E-state index in [-0.39, 0.29) is 0 Å². The van der Waals surface area contributed by atoms with E-state index >= 15 is 0 Å². The van der Waals surface area contributed by atoms with E-state index in [2.05, 4.69) is 49.2 Å². The van der Waals surface area contributed by atoms with Crippen molar-refractivity contribution in [3.63, 3.8) is 0 Å². The van der Waals surface area contributed by atoms with Crippen molar-refractivity contribution in [1.29, 1.82) is 0 Å². The highest BCUT2D eigenvalue weighted by atomic mass is 15.1. The van der Waals surface area contributed by atoms with Crippen LogP contribution < -0.4 is 0 Å². The number of hydrogen-bond donors (Lipinski definition) is 0. The molecule has 0 aliphatic carbocycles. The maximum Gasteiger partial charge on any atom is 0.0426 e. The molecule has 0 heterocycles. The SMILES string of the molecule is C=C/C=C\C(=C)N(C)Cc1cccc(C)c1. The van der Waals surface area contributed by atoms with Gasteiger partial charge in [0.1, 0.15) is 0 Å². The van der Waals surface area contributed by atoms with E-state index in [4.69, 9.17) is 0 Å². The maximum atomic E-state index is 4.00. The average Bonchev–Trinajstić information content (AvgIpc) is 2.25. The van der Waals surface area contributed by atoms with Gasteiger partial charge < -0.3 is 4.90 Å². The van der Waals surface area contributed by atoms with Crippen LogP contribution in [0.15, 0.2) is 61.3 Å². The summed E-state index contributed by atoms with van der Waals surface area (Å²) >= 11 is 0. The summed E-state index contributed by atoms with van der Waals surface area (Å²) in [6.07, 6.45) is 5.61. The molecule has 0 aliphatic heterocycles. The lowest BCUT2D eigenvalue weighted by Crippen LogP contribution is -2.15. The summed E-state index contributed by atoms with van der Waals surface area (Å²) in [6, 6.07) is 8.52. The van der Waals surface area contributed by atoms with Crippen molar-refractivity contribution >= 4 is 0 Å². The monoisotopic (exact) mass is 213 g/mol. The van der Waals surface area contributed by atoms with Gasteiger partial charge in [-0.25, -0.2) is 0 Å². The van der Waals surface area contributed by atoms with Gasteiger partial charge in [-0.15, -0.1) is 0 Å². The van der Waals surface area contributed by atoms with E-state index < -0.39 is 0 Å². The molecule has 1 aromatic carbocycles. The van der Waals surface area contributed by atoms with E-state index in [9.17, 15) is 0 Å². The first-order chi connectivity index (χ1) is 7.63. The Bertz CT molecular complexity index is 402. The summed E-state index contributed by atoms with van der Waals surface area (Å²) in [5.41, 5.74) is 3.58.